The zero-order valence-electron chi connectivity index (χ0n) is 13.5. The van der Waals surface area contributed by atoms with E-state index in [1.165, 1.54) is 6.26 Å². The number of rotatable bonds is 4. The predicted molar refractivity (Wildman–Crippen MR) is 91.9 cm³/mol. The maximum atomic E-state index is 12.4. The summed E-state index contributed by atoms with van der Waals surface area (Å²) in [6.07, 6.45) is 1.47. The zero-order chi connectivity index (χ0) is 17.8. The SMILES string of the molecule is CCOC(=O)c1c(-c2ccco2)cc(-c2ccccc2)c(C#N)c1O. The maximum Gasteiger partial charge on any atom is 0.342 e. The van der Waals surface area contributed by atoms with Crippen LogP contribution in [-0.4, -0.2) is 17.7 Å². The number of esters is 1. The second kappa shape index (κ2) is 6.93. The summed E-state index contributed by atoms with van der Waals surface area (Å²) in [5, 5.41) is 20.2. The van der Waals surface area contributed by atoms with Gasteiger partial charge in [0.05, 0.1) is 12.9 Å². The molecule has 1 heterocycles. The van der Waals surface area contributed by atoms with Gasteiger partial charge in [-0.05, 0) is 30.7 Å². The van der Waals surface area contributed by atoms with E-state index in [0.717, 1.165) is 5.56 Å². The van der Waals surface area contributed by atoms with Gasteiger partial charge >= 0.3 is 5.97 Å². The third-order valence-corrected chi connectivity index (χ3v) is 3.76. The largest absolute Gasteiger partial charge is 0.506 e. The molecule has 0 spiro atoms. The van der Waals surface area contributed by atoms with Gasteiger partial charge in [-0.2, -0.15) is 5.26 Å². The molecule has 2 aromatic carbocycles. The smallest absolute Gasteiger partial charge is 0.342 e. The summed E-state index contributed by atoms with van der Waals surface area (Å²) in [5.41, 5.74) is 1.58. The lowest BCUT2D eigenvalue weighted by Crippen LogP contribution is -2.08. The Bertz CT molecular complexity index is 938. The first kappa shape index (κ1) is 16.3. The number of benzene rings is 2. The number of furan rings is 1. The van der Waals surface area contributed by atoms with Crippen LogP contribution in [0.1, 0.15) is 22.8 Å². The van der Waals surface area contributed by atoms with Crippen LogP contribution in [-0.2, 0) is 4.74 Å². The van der Waals surface area contributed by atoms with Crippen LogP contribution in [0.15, 0.2) is 59.2 Å². The summed E-state index contributed by atoms with van der Waals surface area (Å²) in [6, 6.07) is 16.2. The third kappa shape index (κ3) is 2.98. The summed E-state index contributed by atoms with van der Waals surface area (Å²) in [6.45, 7) is 1.82. The highest BCUT2D eigenvalue weighted by Crippen LogP contribution is 2.40. The van der Waals surface area contributed by atoms with Gasteiger partial charge in [0.2, 0.25) is 0 Å². The van der Waals surface area contributed by atoms with E-state index in [9.17, 15) is 15.2 Å². The van der Waals surface area contributed by atoms with Crippen molar-refractivity contribution < 1.29 is 19.1 Å². The number of carbonyl (C=O) groups is 1. The van der Waals surface area contributed by atoms with E-state index >= 15 is 0 Å². The van der Waals surface area contributed by atoms with Crippen LogP contribution in [0, 0.1) is 11.3 Å². The van der Waals surface area contributed by atoms with E-state index in [0.29, 0.717) is 16.9 Å². The second-order valence-electron chi connectivity index (χ2n) is 5.25. The maximum absolute atomic E-state index is 12.4. The minimum atomic E-state index is -0.706. The highest BCUT2D eigenvalue weighted by Gasteiger charge is 2.26. The number of hydrogen-bond donors (Lipinski definition) is 1. The number of phenols is 1. The Balaban J connectivity index is 2.34. The van der Waals surface area contributed by atoms with Crippen LogP contribution in [0.25, 0.3) is 22.5 Å². The van der Waals surface area contributed by atoms with Crippen molar-refractivity contribution in [1.82, 2.24) is 0 Å². The molecule has 0 atom stereocenters. The van der Waals surface area contributed by atoms with Crippen molar-refractivity contribution in [3.63, 3.8) is 0 Å². The van der Waals surface area contributed by atoms with Crippen LogP contribution in [0.4, 0.5) is 0 Å². The lowest BCUT2D eigenvalue weighted by Gasteiger charge is -2.14. The van der Waals surface area contributed by atoms with Crippen molar-refractivity contribution in [2.45, 2.75) is 6.92 Å². The normalized spacial score (nSPS) is 10.2. The highest BCUT2D eigenvalue weighted by atomic mass is 16.5. The van der Waals surface area contributed by atoms with Crippen molar-refractivity contribution in [3.05, 3.63) is 65.9 Å². The van der Waals surface area contributed by atoms with E-state index in [1.807, 2.05) is 36.4 Å². The molecule has 0 amide bonds. The molecule has 3 aromatic rings. The van der Waals surface area contributed by atoms with Crippen molar-refractivity contribution in [2.24, 2.45) is 0 Å². The molecular formula is C20H15NO4. The third-order valence-electron chi connectivity index (χ3n) is 3.76. The Morgan fingerprint density at radius 3 is 2.56 bits per heavy atom. The van der Waals surface area contributed by atoms with Gasteiger partial charge in [0.1, 0.15) is 28.7 Å². The molecule has 0 unspecified atom stereocenters. The van der Waals surface area contributed by atoms with Crippen LogP contribution >= 0.6 is 0 Å². The van der Waals surface area contributed by atoms with Crippen LogP contribution in [0.2, 0.25) is 0 Å². The molecule has 0 bridgehead atoms. The van der Waals surface area contributed by atoms with Gasteiger partial charge < -0.3 is 14.3 Å². The fraction of sp³-hybridized carbons (Fsp3) is 0.100. The van der Waals surface area contributed by atoms with Gasteiger partial charge in [0.25, 0.3) is 0 Å². The molecule has 5 nitrogen and oxygen atoms in total. The van der Waals surface area contributed by atoms with Crippen LogP contribution in [0.3, 0.4) is 0 Å². The minimum Gasteiger partial charge on any atom is -0.506 e. The Kier molecular flexibility index (Phi) is 4.53. The molecule has 124 valence electrons. The number of aromatic hydroxyl groups is 1. The first-order chi connectivity index (χ1) is 12.2. The molecule has 0 radical (unpaired) electrons. The minimum absolute atomic E-state index is 0.0181. The molecule has 0 fully saturated rings. The summed E-state index contributed by atoms with van der Waals surface area (Å²) in [7, 11) is 0. The van der Waals surface area contributed by atoms with Gasteiger partial charge in [-0.15, -0.1) is 0 Å². The molecule has 1 aromatic heterocycles. The molecule has 5 heteroatoms. The van der Waals surface area contributed by atoms with Gasteiger partial charge in [-0.1, -0.05) is 30.3 Å². The average Bonchev–Trinajstić information content (AvgIpc) is 3.16. The van der Waals surface area contributed by atoms with Crippen molar-refractivity contribution in [1.29, 1.82) is 5.26 Å². The monoisotopic (exact) mass is 333 g/mol. The molecule has 0 aliphatic rings. The van der Waals surface area contributed by atoms with E-state index in [-0.39, 0.29) is 17.7 Å². The summed E-state index contributed by atoms with van der Waals surface area (Å²) in [4.78, 5) is 12.4. The molecular weight excluding hydrogens is 318 g/mol. The van der Waals surface area contributed by atoms with Gasteiger partial charge in [0.15, 0.2) is 0 Å². The Morgan fingerprint density at radius 2 is 1.96 bits per heavy atom. The number of nitriles is 1. The van der Waals surface area contributed by atoms with Crippen molar-refractivity contribution in [3.8, 4) is 34.3 Å². The quantitative estimate of drug-likeness (QED) is 0.717. The number of ether oxygens (including phenoxy) is 1. The number of carbonyl (C=O) groups excluding carboxylic acids is 1. The molecule has 1 N–H and O–H groups in total. The number of phenolic OH excluding ortho intramolecular Hbond substituents is 1. The summed E-state index contributed by atoms with van der Waals surface area (Å²) >= 11 is 0. The number of nitrogens with zero attached hydrogens (tertiary/aromatic N) is 1. The average molecular weight is 333 g/mol. The first-order valence-corrected chi connectivity index (χ1v) is 7.73. The first-order valence-electron chi connectivity index (χ1n) is 7.73. The van der Waals surface area contributed by atoms with Crippen molar-refractivity contribution in [2.75, 3.05) is 6.61 Å². The van der Waals surface area contributed by atoms with Crippen LogP contribution in [0.5, 0.6) is 5.75 Å². The topological polar surface area (TPSA) is 83.5 Å². The molecule has 0 aliphatic heterocycles. The van der Waals surface area contributed by atoms with Gasteiger partial charge in [-0.3, -0.25) is 0 Å². The van der Waals surface area contributed by atoms with E-state index in [2.05, 4.69) is 0 Å². The molecule has 25 heavy (non-hydrogen) atoms. The molecule has 3 rings (SSSR count). The van der Waals surface area contributed by atoms with Gasteiger partial charge in [-0.25, -0.2) is 4.79 Å². The highest BCUT2D eigenvalue weighted by molar-refractivity contribution is 6.02. The van der Waals surface area contributed by atoms with E-state index < -0.39 is 11.7 Å². The predicted octanol–water partition coefficient (Wildman–Crippen LogP) is 4.37. The molecule has 0 saturated heterocycles. The molecule has 0 saturated carbocycles. The van der Waals surface area contributed by atoms with Crippen molar-refractivity contribution >= 4 is 5.97 Å². The zero-order valence-corrected chi connectivity index (χ0v) is 13.5. The van der Waals surface area contributed by atoms with E-state index in [1.54, 1.807) is 25.1 Å². The molecule has 0 aliphatic carbocycles. The Labute approximate surface area is 144 Å². The Hall–Kier alpha value is -3.52. The van der Waals surface area contributed by atoms with Gasteiger partial charge in [0, 0.05) is 11.1 Å². The fourth-order valence-corrected chi connectivity index (χ4v) is 2.66. The summed E-state index contributed by atoms with van der Waals surface area (Å²) < 4.78 is 10.4. The summed E-state index contributed by atoms with van der Waals surface area (Å²) in [5.74, 6) is -0.712. The van der Waals surface area contributed by atoms with Crippen LogP contribution < -0.4 is 0 Å². The Morgan fingerprint density at radius 1 is 1.20 bits per heavy atom. The van der Waals surface area contributed by atoms with E-state index in [4.69, 9.17) is 9.15 Å². The second-order valence-corrected chi connectivity index (χ2v) is 5.25. The fourth-order valence-electron chi connectivity index (χ4n) is 2.66. The number of hydrogen-bond acceptors (Lipinski definition) is 5. The standard InChI is InChI=1S/C20H15NO4/c1-2-24-20(23)18-15(17-9-6-10-25-17)11-14(16(12-21)19(18)22)13-7-4-3-5-8-13/h3-11,22H,2H2,1H3. The lowest BCUT2D eigenvalue weighted by atomic mass is 9.92. The lowest BCUT2D eigenvalue weighted by molar-refractivity contribution is 0.0524.